The molecular formula is C32H33FN4O3. The van der Waals surface area contributed by atoms with E-state index in [2.05, 4.69) is 28.2 Å². The number of nitrogens with one attached hydrogen (secondary N) is 1. The number of pyridine rings is 1. The average Bonchev–Trinajstić information content (AvgIpc) is 3.41. The van der Waals surface area contributed by atoms with Gasteiger partial charge in [-0.3, -0.25) is 13.8 Å². The van der Waals surface area contributed by atoms with E-state index in [-0.39, 0.29) is 17.1 Å². The Morgan fingerprint density at radius 3 is 2.67 bits per heavy atom. The molecule has 1 aliphatic heterocycles. The predicted octanol–water partition coefficient (Wildman–Crippen LogP) is 5.42. The molecule has 0 radical (unpaired) electrons. The third-order valence-corrected chi connectivity index (χ3v) is 8.12. The summed E-state index contributed by atoms with van der Waals surface area (Å²) in [5, 5.41) is 1.22. The smallest absolute Gasteiger partial charge is 0.335 e. The highest BCUT2D eigenvalue weighted by molar-refractivity contribution is 5.85. The van der Waals surface area contributed by atoms with Crippen molar-refractivity contribution in [3.8, 4) is 16.9 Å². The monoisotopic (exact) mass is 540 g/mol. The van der Waals surface area contributed by atoms with E-state index < -0.39 is 0 Å². The van der Waals surface area contributed by atoms with Crippen molar-refractivity contribution >= 4 is 16.4 Å². The van der Waals surface area contributed by atoms with E-state index in [0.717, 1.165) is 50.2 Å². The third-order valence-electron chi connectivity index (χ3n) is 8.12. The molecule has 0 aliphatic carbocycles. The van der Waals surface area contributed by atoms with Gasteiger partial charge in [-0.15, -0.1) is 0 Å². The Bertz CT molecular complexity index is 1770. The molecule has 1 N–H and O–H groups in total. The van der Waals surface area contributed by atoms with E-state index in [9.17, 15) is 14.0 Å². The molecule has 1 fully saturated rings. The zero-order valence-corrected chi connectivity index (χ0v) is 22.6. The molecule has 8 heteroatoms. The molecule has 1 aliphatic rings. The van der Waals surface area contributed by atoms with Crippen LogP contribution in [0.1, 0.15) is 37.2 Å². The summed E-state index contributed by atoms with van der Waals surface area (Å²) in [5.41, 5.74) is 3.31. The number of fused-ring (bicyclic) bond motifs is 2. The Morgan fingerprint density at radius 2 is 1.85 bits per heavy atom. The number of nitrogens with zero attached hydrogens (tertiary/aromatic N) is 3. The molecule has 206 valence electrons. The Balaban J connectivity index is 1.16. The van der Waals surface area contributed by atoms with Gasteiger partial charge in [-0.1, -0.05) is 18.2 Å². The first-order valence-electron chi connectivity index (χ1n) is 13.9. The minimum Gasteiger partial charge on any atom is -0.497 e. The van der Waals surface area contributed by atoms with Crippen molar-refractivity contribution in [2.45, 2.75) is 38.1 Å². The lowest BCUT2D eigenvalue weighted by molar-refractivity contribution is 0.204. The van der Waals surface area contributed by atoms with Crippen LogP contribution in [-0.2, 0) is 6.54 Å². The quantitative estimate of drug-likeness (QED) is 0.267. The van der Waals surface area contributed by atoms with Gasteiger partial charge in [-0.2, -0.15) is 0 Å². The summed E-state index contributed by atoms with van der Waals surface area (Å²) in [5.74, 6) is 0.940. The van der Waals surface area contributed by atoms with E-state index in [4.69, 9.17) is 4.74 Å². The maximum absolute atomic E-state index is 13.6. The van der Waals surface area contributed by atoms with Crippen LogP contribution >= 0.6 is 0 Å². The second-order valence-electron chi connectivity index (χ2n) is 10.6. The number of hydrogen-bond acceptors (Lipinski definition) is 4. The summed E-state index contributed by atoms with van der Waals surface area (Å²) < 4.78 is 21.9. The number of H-pyrrole nitrogens is 1. The molecule has 0 bridgehead atoms. The van der Waals surface area contributed by atoms with Gasteiger partial charge >= 0.3 is 5.69 Å². The van der Waals surface area contributed by atoms with E-state index in [0.29, 0.717) is 35.5 Å². The fourth-order valence-electron chi connectivity index (χ4n) is 6.06. The normalized spacial score (nSPS) is 16.1. The van der Waals surface area contributed by atoms with Crippen molar-refractivity contribution < 1.29 is 9.13 Å². The van der Waals surface area contributed by atoms with Crippen LogP contribution in [0.4, 0.5) is 4.39 Å². The molecule has 6 rings (SSSR count). The molecule has 2 aromatic carbocycles. The highest BCUT2D eigenvalue weighted by Crippen LogP contribution is 2.34. The fourth-order valence-corrected chi connectivity index (χ4v) is 6.06. The van der Waals surface area contributed by atoms with Gasteiger partial charge in [0.1, 0.15) is 11.6 Å². The van der Waals surface area contributed by atoms with Crippen LogP contribution in [0, 0.1) is 5.82 Å². The van der Waals surface area contributed by atoms with Crippen LogP contribution in [0.25, 0.3) is 27.5 Å². The molecular weight excluding hydrogens is 507 g/mol. The summed E-state index contributed by atoms with van der Waals surface area (Å²) in [6.07, 6.45) is 7.68. The molecule has 1 unspecified atom stereocenters. The Morgan fingerprint density at radius 1 is 1.02 bits per heavy atom. The van der Waals surface area contributed by atoms with Gasteiger partial charge in [0.05, 0.1) is 18.2 Å². The number of hydrogen-bond donors (Lipinski definition) is 1. The van der Waals surface area contributed by atoms with E-state index in [1.54, 1.807) is 43.6 Å². The molecule has 3 aromatic heterocycles. The van der Waals surface area contributed by atoms with Gasteiger partial charge < -0.3 is 14.6 Å². The molecule has 7 nitrogen and oxygen atoms in total. The largest absolute Gasteiger partial charge is 0.497 e. The number of aromatic amines is 1. The molecule has 0 spiro atoms. The van der Waals surface area contributed by atoms with Gasteiger partial charge in [0.25, 0.3) is 5.56 Å². The van der Waals surface area contributed by atoms with Crippen LogP contribution < -0.4 is 16.0 Å². The standard InChI is InChI=1S/C32H33FN4O3/c1-40-25-13-14-28-26(19-25)27(20-34-28)23-7-6-16-35(21-23)15-4-5-18-37-31(38)30(22-9-11-24(33)12-10-22)29-8-2-3-17-36(29)32(37)39/h2-3,8-14,17,19-20,23,34H,4-7,15-16,18,21H2,1H3. The second kappa shape index (κ2) is 11.1. The predicted molar refractivity (Wildman–Crippen MR) is 156 cm³/mol. The van der Waals surface area contributed by atoms with Crippen LogP contribution in [0.15, 0.2) is 82.6 Å². The van der Waals surface area contributed by atoms with Crippen molar-refractivity contribution in [1.29, 1.82) is 0 Å². The topological polar surface area (TPSA) is 71.7 Å². The number of likely N-dealkylation sites (tertiary alicyclic amines) is 1. The van der Waals surface area contributed by atoms with Gasteiger partial charge in [-0.25, -0.2) is 9.18 Å². The molecule has 4 heterocycles. The first kappa shape index (κ1) is 26.1. The Hall–Kier alpha value is -4.17. The van der Waals surface area contributed by atoms with Crippen LogP contribution in [0.5, 0.6) is 5.75 Å². The first-order chi connectivity index (χ1) is 19.5. The molecule has 1 saturated heterocycles. The Kier molecular flexibility index (Phi) is 7.26. The number of halogens is 1. The number of rotatable bonds is 8. The summed E-state index contributed by atoms with van der Waals surface area (Å²) in [4.78, 5) is 32.7. The van der Waals surface area contributed by atoms with Crippen LogP contribution in [0.2, 0.25) is 0 Å². The second-order valence-corrected chi connectivity index (χ2v) is 10.6. The first-order valence-corrected chi connectivity index (χ1v) is 13.9. The van der Waals surface area contributed by atoms with Crippen LogP contribution in [0.3, 0.4) is 0 Å². The van der Waals surface area contributed by atoms with Crippen molar-refractivity contribution in [3.05, 3.63) is 105 Å². The SMILES string of the molecule is COc1ccc2[nH]cc(C3CCCN(CCCCn4c(=O)c(-c5ccc(F)cc5)c5ccccn5c4=O)C3)c2c1. The minimum absolute atomic E-state index is 0.337. The maximum Gasteiger partial charge on any atom is 0.335 e. The molecule has 0 saturated carbocycles. The van der Waals surface area contributed by atoms with Gasteiger partial charge in [-0.05, 0) is 98.3 Å². The van der Waals surface area contributed by atoms with Crippen molar-refractivity contribution in [3.63, 3.8) is 0 Å². The summed E-state index contributed by atoms with van der Waals surface area (Å²) in [7, 11) is 1.69. The number of ether oxygens (including phenoxy) is 1. The molecule has 40 heavy (non-hydrogen) atoms. The number of benzene rings is 2. The van der Waals surface area contributed by atoms with Crippen molar-refractivity contribution in [2.75, 3.05) is 26.7 Å². The van der Waals surface area contributed by atoms with Gasteiger partial charge in [0.2, 0.25) is 0 Å². The highest BCUT2D eigenvalue weighted by atomic mass is 19.1. The lowest BCUT2D eigenvalue weighted by Gasteiger charge is -2.32. The number of piperidine rings is 1. The van der Waals surface area contributed by atoms with E-state index in [1.807, 2.05) is 6.07 Å². The molecule has 1 atom stereocenters. The highest BCUT2D eigenvalue weighted by Gasteiger charge is 2.24. The van der Waals surface area contributed by atoms with Gasteiger partial charge in [0, 0.05) is 36.4 Å². The van der Waals surface area contributed by atoms with Crippen molar-refractivity contribution in [2.24, 2.45) is 0 Å². The number of unbranched alkanes of at least 4 members (excludes halogenated alkanes) is 1. The fraction of sp³-hybridized carbons (Fsp3) is 0.312. The van der Waals surface area contributed by atoms with E-state index >= 15 is 0 Å². The van der Waals surface area contributed by atoms with Gasteiger partial charge in [0.15, 0.2) is 0 Å². The molecule has 0 amide bonds. The molecule has 5 aromatic rings. The zero-order chi connectivity index (χ0) is 27.6. The Labute approximate surface area is 231 Å². The zero-order valence-electron chi connectivity index (χ0n) is 22.6. The van der Waals surface area contributed by atoms with E-state index in [1.165, 1.54) is 32.1 Å². The van der Waals surface area contributed by atoms with Crippen molar-refractivity contribution in [1.82, 2.24) is 18.9 Å². The lowest BCUT2D eigenvalue weighted by Crippen LogP contribution is -2.39. The third kappa shape index (κ3) is 4.95. The lowest BCUT2D eigenvalue weighted by atomic mass is 9.90. The maximum atomic E-state index is 13.6. The summed E-state index contributed by atoms with van der Waals surface area (Å²) in [6, 6.07) is 17.3. The number of aromatic nitrogens is 3. The summed E-state index contributed by atoms with van der Waals surface area (Å²) >= 11 is 0. The minimum atomic E-state index is -0.370. The average molecular weight is 541 g/mol. The number of methoxy groups -OCH3 is 1. The summed E-state index contributed by atoms with van der Waals surface area (Å²) in [6.45, 7) is 3.28. The van der Waals surface area contributed by atoms with Crippen LogP contribution in [-0.4, -0.2) is 45.6 Å².